The van der Waals surface area contributed by atoms with Gasteiger partial charge in [-0.1, -0.05) is 32.6 Å². The molecule has 0 fully saturated rings. The van der Waals surface area contributed by atoms with Crippen molar-refractivity contribution in [3.8, 4) is 0 Å². The molecule has 0 heterocycles. The minimum absolute atomic E-state index is 0.0441. The van der Waals surface area contributed by atoms with Crippen LogP contribution in [0.2, 0.25) is 0 Å². The van der Waals surface area contributed by atoms with Crippen molar-refractivity contribution in [3.05, 3.63) is 0 Å². The van der Waals surface area contributed by atoms with Gasteiger partial charge in [-0.25, -0.2) is 0 Å². The second kappa shape index (κ2) is 10.9. The zero-order chi connectivity index (χ0) is 12.2. The molecule has 96 valence electrons. The molecule has 0 radical (unpaired) electrons. The summed E-state index contributed by atoms with van der Waals surface area (Å²) in [7, 11) is 4.03. The minimum atomic E-state index is -0.0441. The molecule has 0 bridgehead atoms. The number of rotatable bonds is 10. The van der Waals surface area contributed by atoms with Gasteiger partial charge in [0.1, 0.15) is 0 Å². The Balaban J connectivity index is 3.17. The first-order chi connectivity index (χ1) is 7.66. The third-order valence-electron chi connectivity index (χ3n) is 2.50. The maximum atomic E-state index is 11.3. The van der Waals surface area contributed by atoms with E-state index in [9.17, 15) is 4.79 Å². The van der Waals surface area contributed by atoms with E-state index >= 15 is 0 Å². The molecule has 0 unspecified atom stereocenters. The molecule has 3 heteroatoms. The van der Waals surface area contributed by atoms with Crippen molar-refractivity contribution in [1.29, 1.82) is 0 Å². The number of nitrogens with zero attached hydrogens (tertiary/aromatic N) is 1. The quantitative estimate of drug-likeness (QED) is 0.426. The summed E-state index contributed by atoms with van der Waals surface area (Å²) in [5.41, 5.74) is 0. The van der Waals surface area contributed by atoms with E-state index in [2.05, 4.69) is 11.8 Å². The summed E-state index contributed by atoms with van der Waals surface area (Å²) in [4.78, 5) is 13.4. The highest BCUT2D eigenvalue weighted by molar-refractivity contribution is 5.69. The van der Waals surface area contributed by atoms with Crippen molar-refractivity contribution in [3.63, 3.8) is 0 Å². The molecule has 0 amide bonds. The monoisotopic (exact) mass is 229 g/mol. The lowest BCUT2D eigenvalue weighted by molar-refractivity contribution is -0.143. The van der Waals surface area contributed by atoms with Crippen molar-refractivity contribution in [1.82, 2.24) is 4.90 Å². The van der Waals surface area contributed by atoms with Crippen molar-refractivity contribution in [2.45, 2.75) is 51.9 Å². The summed E-state index contributed by atoms with van der Waals surface area (Å²) >= 11 is 0. The molecule has 16 heavy (non-hydrogen) atoms. The molecule has 0 aliphatic heterocycles. The summed E-state index contributed by atoms with van der Waals surface area (Å²) in [6, 6.07) is 0. The largest absolute Gasteiger partial charge is 0.466 e. The van der Waals surface area contributed by atoms with E-state index in [-0.39, 0.29) is 5.97 Å². The average Bonchev–Trinajstić information content (AvgIpc) is 2.22. The number of carbonyl (C=O) groups is 1. The lowest BCUT2D eigenvalue weighted by atomic mass is 10.2. The van der Waals surface area contributed by atoms with Gasteiger partial charge in [-0.15, -0.1) is 0 Å². The van der Waals surface area contributed by atoms with Gasteiger partial charge in [0.15, 0.2) is 0 Å². The van der Waals surface area contributed by atoms with Crippen molar-refractivity contribution in [2.24, 2.45) is 0 Å². The first-order valence-corrected chi connectivity index (χ1v) is 6.47. The Labute approximate surface area is 100 Å². The molecular formula is C13H27NO2. The van der Waals surface area contributed by atoms with Crippen LogP contribution in [-0.2, 0) is 9.53 Å². The van der Waals surface area contributed by atoms with Crippen LogP contribution in [0.1, 0.15) is 51.9 Å². The van der Waals surface area contributed by atoms with Crippen molar-refractivity contribution >= 4 is 5.97 Å². The zero-order valence-electron chi connectivity index (χ0n) is 11.1. The lowest BCUT2D eigenvalue weighted by Gasteiger charge is -2.08. The third kappa shape index (κ3) is 11.5. The molecule has 0 aromatic carbocycles. The maximum Gasteiger partial charge on any atom is 0.305 e. The van der Waals surface area contributed by atoms with Crippen LogP contribution in [0.5, 0.6) is 0 Å². The Morgan fingerprint density at radius 2 is 1.75 bits per heavy atom. The van der Waals surface area contributed by atoms with Crippen molar-refractivity contribution in [2.75, 3.05) is 27.2 Å². The number of ether oxygens (including phenoxy) is 1. The molecule has 3 nitrogen and oxygen atoms in total. The molecule has 0 saturated carbocycles. The Kier molecular flexibility index (Phi) is 10.5. The standard InChI is InChI=1S/C13H27NO2/c1-4-5-6-7-8-12-16-13(15)10-9-11-14(2)3/h4-12H2,1-3H3. The summed E-state index contributed by atoms with van der Waals surface area (Å²) in [5, 5.41) is 0. The second-order valence-electron chi connectivity index (χ2n) is 4.54. The van der Waals surface area contributed by atoms with Gasteiger partial charge in [0.05, 0.1) is 6.61 Å². The molecule has 0 spiro atoms. The predicted octanol–water partition coefficient (Wildman–Crippen LogP) is 2.84. The fourth-order valence-corrected chi connectivity index (χ4v) is 1.50. The maximum absolute atomic E-state index is 11.3. The topological polar surface area (TPSA) is 29.5 Å². The summed E-state index contributed by atoms with van der Waals surface area (Å²) in [6.45, 7) is 3.75. The SMILES string of the molecule is CCCCCCCOC(=O)CCCN(C)C. The highest BCUT2D eigenvalue weighted by Gasteiger charge is 2.02. The number of hydrogen-bond acceptors (Lipinski definition) is 3. The van der Waals surface area contributed by atoms with E-state index < -0.39 is 0 Å². The van der Waals surface area contributed by atoms with Crippen LogP contribution >= 0.6 is 0 Å². The summed E-state index contributed by atoms with van der Waals surface area (Å²) < 4.78 is 5.15. The van der Waals surface area contributed by atoms with Crippen LogP contribution in [0.3, 0.4) is 0 Å². The molecule has 0 saturated heterocycles. The number of esters is 1. The van der Waals surface area contributed by atoms with Gasteiger partial charge < -0.3 is 9.64 Å². The van der Waals surface area contributed by atoms with Gasteiger partial charge in [0, 0.05) is 6.42 Å². The minimum Gasteiger partial charge on any atom is -0.466 e. The number of hydrogen-bond donors (Lipinski definition) is 0. The van der Waals surface area contributed by atoms with E-state index in [1.807, 2.05) is 14.1 Å². The van der Waals surface area contributed by atoms with Gasteiger partial charge in [0.2, 0.25) is 0 Å². The van der Waals surface area contributed by atoms with Crippen LogP contribution in [-0.4, -0.2) is 38.1 Å². The fraction of sp³-hybridized carbons (Fsp3) is 0.923. The Morgan fingerprint density at radius 1 is 1.06 bits per heavy atom. The molecule has 0 atom stereocenters. The van der Waals surface area contributed by atoms with Gasteiger partial charge >= 0.3 is 5.97 Å². The van der Waals surface area contributed by atoms with E-state index in [1.54, 1.807) is 0 Å². The first-order valence-electron chi connectivity index (χ1n) is 6.47. The van der Waals surface area contributed by atoms with Crippen LogP contribution in [0.15, 0.2) is 0 Å². The van der Waals surface area contributed by atoms with E-state index in [1.165, 1.54) is 25.7 Å². The van der Waals surface area contributed by atoms with Gasteiger partial charge in [0.25, 0.3) is 0 Å². The normalized spacial score (nSPS) is 10.8. The first kappa shape index (κ1) is 15.4. The second-order valence-corrected chi connectivity index (χ2v) is 4.54. The average molecular weight is 229 g/mol. The van der Waals surface area contributed by atoms with Crippen LogP contribution < -0.4 is 0 Å². The third-order valence-corrected chi connectivity index (χ3v) is 2.50. The Hall–Kier alpha value is -0.570. The van der Waals surface area contributed by atoms with E-state index in [0.717, 1.165) is 19.4 Å². The molecule has 0 aromatic heterocycles. The molecule has 0 aromatic rings. The smallest absolute Gasteiger partial charge is 0.305 e. The molecular weight excluding hydrogens is 202 g/mol. The molecule has 0 aliphatic rings. The lowest BCUT2D eigenvalue weighted by Crippen LogP contribution is -2.15. The van der Waals surface area contributed by atoms with Crippen LogP contribution in [0, 0.1) is 0 Å². The number of carbonyl (C=O) groups excluding carboxylic acids is 1. The van der Waals surface area contributed by atoms with Crippen LogP contribution in [0.25, 0.3) is 0 Å². The molecule has 0 aliphatic carbocycles. The highest BCUT2D eigenvalue weighted by atomic mass is 16.5. The van der Waals surface area contributed by atoms with Gasteiger partial charge in [-0.05, 0) is 33.5 Å². The fourth-order valence-electron chi connectivity index (χ4n) is 1.50. The zero-order valence-corrected chi connectivity index (χ0v) is 11.1. The van der Waals surface area contributed by atoms with Crippen molar-refractivity contribution < 1.29 is 9.53 Å². The number of unbranched alkanes of at least 4 members (excludes halogenated alkanes) is 4. The summed E-state index contributed by atoms with van der Waals surface area (Å²) in [5.74, 6) is -0.0441. The highest BCUT2D eigenvalue weighted by Crippen LogP contribution is 2.03. The molecule has 0 rings (SSSR count). The Bertz CT molecular complexity index is 169. The predicted molar refractivity (Wildman–Crippen MR) is 67.5 cm³/mol. The molecule has 0 N–H and O–H groups in total. The van der Waals surface area contributed by atoms with Gasteiger partial charge in [-0.2, -0.15) is 0 Å². The van der Waals surface area contributed by atoms with Crippen LogP contribution in [0.4, 0.5) is 0 Å². The van der Waals surface area contributed by atoms with Gasteiger partial charge in [-0.3, -0.25) is 4.79 Å². The van der Waals surface area contributed by atoms with E-state index in [4.69, 9.17) is 4.74 Å². The summed E-state index contributed by atoms with van der Waals surface area (Å²) in [6.07, 6.45) is 7.43. The Morgan fingerprint density at radius 3 is 2.38 bits per heavy atom. The van der Waals surface area contributed by atoms with E-state index in [0.29, 0.717) is 13.0 Å².